The SMILES string of the molecule is O=C(NS(=O)(=O)c1cccnc1)c1cnc(OCC2CC2)cn1. The van der Waals surface area contributed by atoms with Crippen LogP contribution in [0.1, 0.15) is 23.3 Å². The monoisotopic (exact) mass is 334 g/mol. The third-order valence-electron chi connectivity index (χ3n) is 3.20. The zero-order valence-electron chi connectivity index (χ0n) is 12.0. The van der Waals surface area contributed by atoms with Crippen molar-refractivity contribution in [1.29, 1.82) is 0 Å². The van der Waals surface area contributed by atoms with E-state index >= 15 is 0 Å². The van der Waals surface area contributed by atoms with E-state index < -0.39 is 15.9 Å². The van der Waals surface area contributed by atoms with Crippen molar-refractivity contribution in [3.05, 3.63) is 42.6 Å². The molecule has 1 fully saturated rings. The number of hydrogen-bond acceptors (Lipinski definition) is 7. The molecule has 3 rings (SSSR count). The van der Waals surface area contributed by atoms with Gasteiger partial charge in [-0.3, -0.25) is 9.78 Å². The van der Waals surface area contributed by atoms with Gasteiger partial charge in [-0.05, 0) is 30.9 Å². The Morgan fingerprint density at radius 3 is 2.70 bits per heavy atom. The maximum absolute atomic E-state index is 12.0. The van der Waals surface area contributed by atoms with Crippen molar-refractivity contribution >= 4 is 15.9 Å². The lowest BCUT2D eigenvalue weighted by Gasteiger charge is -2.07. The normalized spacial score (nSPS) is 14.3. The van der Waals surface area contributed by atoms with Crippen molar-refractivity contribution in [3.63, 3.8) is 0 Å². The van der Waals surface area contributed by atoms with Gasteiger partial charge < -0.3 is 4.74 Å². The van der Waals surface area contributed by atoms with Gasteiger partial charge in [-0.1, -0.05) is 0 Å². The van der Waals surface area contributed by atoms with Crippen LogP contribution in [0.15, 0.2) is 41.8 Å². The molecule has 2 aromatic heterocycles. The summed E-state index contributed by atoms with van der Waals surface area (Å²) in [5, 5.41) is 0. The Kier molecular flexibility index (Phi) is 4.20. The third kappa shape index (κ3) is 4.01. The lowest BCUT2D eigenvalue weighted by molar-refractivity contribution is 0.0976. The lowest BCUT2D eigenvalue weighted by Crippen LogP contribution is -2.31. The fraction of sp³-hybridized carbons (Fsp3) is 0.286. The highest BCUT2D eigenvalue weighted by atomic mass is 32.2. The van der Waals surface area contributed by atoms with Crippen molar-refractivity contribution in [2.24, 2.45) is 5.92 Å². The number of aromatic nitrogens is 3. The second-order valence-electron chi connectivity index (χ2n) is 5.12. The van der Waals surface area contributed by atoms with Crippen molar-refractivity contribution in [3.8, 4) is 5.88 Å². The number of sulfonamides is 1. The van der Waals surface area contributed by atoms with E-state index in [1.54, 1.807) is 0 Å². The molecule has 0 aliphatic heterocycles. The number of amides is 1. The summed E-state index contributed by atoms with van der Waals surface area (Å²) in [5.41, 5.74) is -0.115. The van der Waals surface area contributed by atoms with E-state index in [0.717, 1.165) is 19.0 Å². The summed E-state index contributed by atoms with van der Waals surface area (Å²) in [7, 11) is -3.99. The van der Waals surface area contributed by atoms with Gasteiger partial charge in [0.1, 0.15) is 10.6 Å². The standard InChI is InChI=1S/C14H14N4O4S/c19-14(18-23(20,21)11-2-1-5-15-6-11)12-7-17-13(8-16-12)22-9-10-3-4-10/h1-2,5-8,10H,3-4,9H2,(H,18,19). The minimum Gasteiger partial charge on any atom is -0.476 e. The molecular weight excluding hydrogens is 320 g/mol. The number of nitrogens with zero attached hydrogens (tertiary/aromatic N) is 3. The first-order valence-corrected chi connectivity index (χ1v) is 8.45. The largest absolute Gasteiger partial charge is 0.476 e. The van der Waals surface area contributed by atoms with Crippen LogP contribution in [-0.2, 0) is 10.0 Å². The smallest absolute Gasteiger partial charge is 0.285 e. The van der Waals surface area contributed by atoms with Crippen molar-refractivity contribution in [2.45, 2.75) is 17.7 Å². The molecule has 0 aromatic carbocycles. The van der Waals surface area contributed by atoms with Crippen molar-refractivity contribution in [1.82, 2.24) is 19.7 Å². The summed E-state index contributed by atoms with van der Waals surface area (Å²) in [6.45, 7) is 0.579. The van der Waals surface area contributed by atoms with Gasteiger partial charge in [0, 0.05) is 12.4 Å². The fourth-order valence-electron chi connectivity index (χ4n) is 1.74. The van der Waals surface area contributed by atoms with Crippen LogP contribution in [0, 0.1) is 5.92 Å². The predicted octanol–water partition coefficient (Wildman–Crippen LogP) is 0.779. The molecule has 0 saturated heterocycles. The summed E-state index contributed by atoms with van der Waals surface area (Å²) in [5.74, 6) is 0.0167. The van der Waals surface area contributed by atoms with E-state index in [1.165, 1.54) is 30.7 Å². The Balaban J connectivity index is 1.65. The summed E-state index contributed by atoms with van der Waals surface area (Å²) >= 11 is 0. The number of rotatable bonds is 6. The van der Waals surface area contributed by atoms with Gasteiger partial charge in [-0.15, -0.1) is 0 Å². The van der Waals surface area contributed by atoms with Crippen LogP contribution in [0.4, 0.5) is 0 Å². The Morgan fingerprint density at radius 2 is 2.09 bits per heavy atom. The highest BCUT2D eigenvalue weighted by Crippen LogP contribution is 2.29. The summed E-state index contributed by atoms with van der Waals surface area (Å²) < 4.78 is 31.4. The topological polar surface area (TPSA) is 111 Å². The van der Waals surface area contributed by atoms with E-state index in [4.69, 9.17) is 4.74 Å². The van der Waals surface area contributed by atoms with Crippen molar-refractivity contribution < 1.29 is 17.9 Å². The number of nitrogens with one attached hydrogen (secondary N) is 1. The van der Waals surface area contributed by atoms with Crippen molar-refractivity contribution in [2.75, 3.05) is 6.61 Å². The van der Waals surface area contributed by atoms with Gasteiger partial charge in [0.05, 0.1) is 19.0 Å². The Morgan fingerprint density at radius 1 is 1.26 bits per heavy atom. The van der Waals surface area contributed by atoms with Crippen LogP contribution in [0.2, 0.25) is 0 Å². The average Bonchev–Trinajstić information content (AvgIpc) is 3.38. The Hall–Kier alpha value is -2.55. The first-order valence-electron chi connectivity index (χ1n) is 6.96. The molecule has 0 unspecified atom stereocenters. The average molecular weight is 334 g/mol. The van der Waals surface area contributed by atoms with Crippen LogP contribution >= 0.6 is 0 Å². The molecule has 1 saturated carbocycles. The highest BCUT2D eigenvalue weighted by molar-refractivity contribution is 7.90. The molecule has 8 nitrogen and oxygen atoms in total. The first-order chi connectivity index (χ1) is 11.0. The number of carbonyl (C=O) groups excluding carboxylic acids is 1. The molecule has 9 heteroatoms. The molecule has 23 heavy (non-hydrogen) atoms. The predicted molar refractivity (Wildman–Crippen MR) is 79.1 cm³/mol. The van der Waals surface area contributed by atoms with Crippen LogP contribution in [0.3, 0.4) is 0 Å². The second-order valence-corrected chi connectivity index (χ2v) is 6.80. The Labute approximate surface area is 133 Å². The number of pyridine rings is 1. The zero-order chi connectivity index (χ0) is 16.3. The maximum Gasteiger partial charge on any atom is 0.285 e. The van der Waals surface area contributed by atoms with E-state index in [-0.39, 0.29) is 10.6 Å². The minimum absolute atomic E-state index is 0.106. The van der Waals surface area contributed by atoms with Crippen LogP contribution in [0.25, 0.3) is 0 Å². The van der Waals surface area contributed by atoms with Crippen LogP contribution < -0.4 is 9.46 Å². The molecule has 1 amide bonds. The summed E-state index contributed by atoms with van der Waals surface area (Å²) in [6.07, 6.45) is 7.37. The Bertz CT molecular complexity index is 789. The fourth-order valence-corrected chi connectivity index (χ4v) is 2.66. The summed E-state index contributed by atoms with van der Waals surface area (Å²) in [4.78, 5) is 23.4. The van der Waals surface area contributed by atoms with Gasteiger partial charge in [0.2, 0.25) is 5.88 Å². The van der Waals surface area contributed by atoms with E-state index in [2.05, 4.69) is 15.0 Å². The zero-order valence-corrected chi connectivity index (χ0v) is 12.9. The first kappa shape index (κ1) is 15.3. The molecule has 0 bridgehead atoms. The molecule has 120 valence electrons. The van der Waals surface area contributed by atoms with Gasteiger partial charge in [0.15, 0.2) is 0 Å². The van der Waals surface area contributed by atoms with E-state index in [0.29, 0.717) is 18.4 Å². The molecule has 1 aliphatic rings. The third-order valence-corrected chi connectivity index (χ3v) is 4.51. The molecule has 0 radical (unpaired) electrons. The van der Waals surface area contributed by atoms with Gasteiger partial charge in [-0.2, -0.15) is 0 Å². The molecule has 1 aliphatic carbocycles. The quantitative estimate of drug-likeness (QED) is 0.831. The molecule has 0 spiro atoms. The molecule has 0 atom stereocenters. The van der Waals surface area contributed by atoms with E-state index in [1.807, 2.05) is 4.72 Å². The lowest BCUT2D eigenvalue weighted by atomic mass is 10.4. The van der Waals surface area contributed by atoms with Crippen LogP contribution in [0.5, 0.6) is 5.88 Å². The molecule has 1 N–H and O–H groups in total. The molecule has 2 aromatic rings. The molecular formula is C14H14N4O4S. The number of ether oxygens (including phenoxy) is 1. The highest BCUT2D eigenvalue weighted by Gasteiger charge is 2.23. The van der Waals surface area contributed by atoms with Gasteiger partial charge in [-0.25, -0.2) is 23.1 Å². The van der Waals surface area contributed by atoms with Crippen LogP contribution in [-0.4, -0.2) is 35.9 Å². The van der Waals surface area contributed by atoms with Gasteiger partial charge >= 0.3 is 0 Å². The minimum atomic E-state index is -3.99. The number of carbonyl (C=O) groups is 1. The second kappa shape index (κ2) is 6.29. The summed E-state index contributed by atoms with van der Waals surface area (Å²) in [6, 6.07) is 2.80. The van der Waals surface area contributed by atoms with Gasteiger partial charge in [0.25, 0.3) is 15.9 Å². The maximum atomic E-state index is 12.0. The molecule has 2 heterocycles. The number of hydrogen-bond donors (Lipinski definition) is 1. The van der Waals surface area contributed by atoms with E-state index in [9.17, 15) is 13.2 Å².